The average Bonchev–Trinajstić information content (AvgIpc) is 2.92. The molecule has 0 unspecified atom stereocenters. The quantitative estimate of drug-likeness (QED) is 0.892. The molecule has 0 aliphatic rings. The van der Waals surface area contributed by atoms with Gasteiger partial charge in [0, 0.05) is 30.7 Å². The summed E-state index contributed by atoms with van der Waals surface area (Å²) in [7, 11) is -1.83. The van der Waals surface area contributed by atoms with Gasteiger partial charge in [0.25, 0.3) is 0 Å². The first-order valence-electron chi connectivity index (χ1n) is 6.36. The Morgan fingerprint density at radius 2 is 1.90 bits per heavy atom. The van der Waals surface area contributed by atoms with Crippen molar-refractivity contribution in [1.82, 2.24) is 4.31 Å². The van der Waals surface area contributed by atoms with Crippen LogP contribution >= 0.6 is 11.3 Å². The van der Waals surface area contributed by atoms with Gasteiger partial charge in [0.1, 0.15) is 0 Å². The maximum absolute atomic E-state index is 12.4. The van der Waals surface area contributed by atoms with E-state index in [9.17, 15) is 8.42 Å². The van der Waals surface area contributed by atoms with Gasteiger partial charge in [-0.25, -0.2) is 8.42 Å². The molecule has 0 spiro atoms. The van der Waals surface area contributed by atoms with Gasteiger partial charge in [-0.05, 0) is 42.6 Å². The highest BCUT2D eigenvalue weighted by molar-refractivity contribution is 7.89. The van der Waals surface area contributed by atoms with Crippen molar-refractivity contribution in [2.75, 3.05) is 18.9 Å². The Morgan fingerprint density at radius 1 is 1.20 bits per heavy atom. The van der Waals surface area contributed by atoms with Crippen molar-refractivity contribution in [3.63, 3.8) is 0 Å². The number of nitrogens with one attached hydrogen (secondary N) is 1. The van der Waals surface area contributed by atoms with Gasteiger partial charge in [0.15, 0.2) is 0 Å². The Kier molecular flexibility index (Phi) is 4.80. The second kappa shape index (κ2) is 6.39. The van der Waals surface area contributed by atoms with Crippen molar-refractivity contribution in [1.29, 1.82) is 0 Å². The average molecular weight is 310 g/mol. The lowest BCUT2D eigenvalue weighted by atomic mass is 10.3. The maximum atomic E-state index is 12.4. The van der Waals surface area contributed by atoms with E-state index in [1.807, 2.05) is 24.4 Å². The third-order valence-corrected chi connectivity index (χ3v) is 5.58. The molecule has 0 radical (unpaired) electrons. The number of hydrogen-bond donors (Lipinski definition) is 1. The molecule has 0 saturated heterocycles. The van der Waals surface area contributed by atoms with E-state index in [0.29, 0.717) is 11.4 Å². The number of sulfonamides is 1. The van der Waals surface area contributed by atoms with Crippen LogP contribution in [0.15, 0.2) is 46.7 Å². The van der Waals surface area contributed by atoms with Crippen LogP contribution in [0.4, 0.5) is 5.69 Å². The standard InChI is InChI=1S/C14H18N2O2S2/c1-3-15-12-6-8-14(9-7-12)20(17,18)16(2)11-13-5-4-10-19-13/h4-10,15H,3,11H2,1-2H3. The van der Waals surface area contributed by atoms with Crippen LogP contribution in [0.5, 0.6) is 0 Å². The summed E-state index contributed by atoms with van der Waals surface area (Å²) < 4.78 is 26.3. The van der Waals surface area contributed by atoms with Crippen molar-refractivity contribution >= 4 is 27.0 Å². The van der Waals surface area contributed by atoms with Gasteiger partial charge in [0.2, 0.25) is 10.0 Å². The van der Waals surface area contributed by atoms with E-state index < -0.39 is 10.0 Å². The van der Waals surface area contributed by atoms with Gasteiger partial charge >= 0.3 is 0 Å². The minimum Gasteiger partial charge on any atom is -0.385 e. The zero-order chi connectivity index (χ0) is 14.6. The van der Waals surface area contributed by atoms with E-state index in [1.54, 1.807) is 42.6 Å². The fourth-order valence-electron chi connectivity index (χ4n) is 1.84. The molecule has 0 aliphatic heterocycles. The molecule has 1 aromatic heterocycles. The molecule has 4 nitrogen and oxygen atoms in total. The Morgan fingerprint density at radius 3 is 2.45 bits per heavy atom. The van der Waals surface area contributed by atoms with Gasteiger partial charge in [-0.15, -0.1) is 11.3 Å². The molecule has 2 aromatic rings. The first-order chi connectivity index (χ1) is 9.54. The lowest BCUT2D eigenvalue weighted by Gasteiger charge is -2.16. The van der Waals surface area contributed by atoms with Crippen molar-refractivity contribution < 1.29 is 8.42 Å². The molecular weight excluding hydrogens is 292 g/mol. The molecule has 0 bridgehead atoms. The van der Waals surface area contributed by atoms with Crippen LogP contribution in [0.3, 0.4) is 0 Å². The Hall–Kier alpha value is -1.37. The number of hydrogen-bond acceptors (Lipinski definition) is 4. The highest BCUT2D eigenvalue weighted by Crippen LogP contribution is 2.20. The molecule has 0 fully saturated rings. The highest BCUT2D eigenvalue weighted by atomic mass is 32.2. The van der Waals surface area contributed by atoms with Crippen molar-refractivity contribution in [3.05, 3.63) is 46.7 Å². The Bertz CT molecular complexity index is 634. The third kappa shape index (κ3) is 3.39. The highest BCUT2D eigenvalue weighted by Gasteiger charge is 2.20. The second-order valence-corrected chi connectivity index (χ2v) is 7.47. The number of rotatable bonds is 6. The van der Waals surface area contributed by atoms with Crippen LogP contribution in [0.2, 0.25) is 0 Å². The molecule has 1 N–H and O–H groups in total. The van der Waals surface area contributed by atoms with Crippen LogP contribution in [0, 0.1) is 0 Å². The SMILES string of the molecule is CCNc1ccc(S(=O)(=O)N(C)Cc2cccs2)cc1. The normalized spacial score (nSPS) is 11.8. The van der Waals surface area contributed by atoms with E-state index in [1.165, 1.54) is 4.31 Å². The minimum absolute atomic E-state index is 0.318. The van der Waals surface area contributed by atoms with E-state index in [2.05, 4.69) is 5.32 Å². The van der Waals surface area contributed by atoms with Crippen molar-refractivity contribution in [3.8, 4) is 0 Å². The predicted octanol–water partition coefficient (Wildman–Crippen LogP) is 3.00. The van der Waals surface area contributed by atoms with E-state index in [-0.39, 0.29) is 0 Å². The van der Waals surface area contributed by atoms with Crippen molar-refractivity contribution in [2.24, 2.45) is 0 Å². The number of anilines is 1. The zero-order valence-electron chi connectivity index (χ0n) is 11.5. The molecule has 108 valence electrons. The fourth-order valence-corrected chi connectivity index (χ4v) is 3.82. The lowest BCUT2D eigenvalue weighted by Crippen LogP contribution is -2.26. The molecular formula is C14H18N2O2S2. The Balaban J connectivity index is 2.16. The summed E-state index contributed by atoms with van der Waals surface area (Å²) in [5, 5.41) is 5.09. The molecule has 1 aromatic carbocycles. The summed E-state index contributed by atoms with van der Waals surface area (Å²) in [6.45, 7) is 3.21. The van der Waals surface area contributed by atoms with Gasteiger partial charge in [-0.2, -0.15) is 4.31 Å². The smallest absolute Gasteiger partial charge is 0.243 e. The molecule has 0 saturated carbocycles. The number of thiophene rings is 1. The molecule has 0 amide bonds. The summed E-state index contributed by atoms with van der Waals surface area (Å²) >= 11 is 1.56. The Labute approximate surface area is 124 Å². The van der Waals surface area contributed by atoms with Crippen LogP contribution in [0.25, 0.3) is 0 Å². The molecule has 0 atom stereocenters. The third-order valence-electron chi connectivity index (χ3n) is 2.90. The molecule has 20 heavy (non-hydrogen) atoms. The molecule has 1 heterocycles. The van der Waals surface area contributed by atoms with Gasteiger partial charge in [0.05, 0.1) is 4.90 Å². The van der Waals surface area contributed by atoms with Gasteiger partial charge in [-0.3, -0.25) is 0 Å². The summed E-state index contributed by atoms with van der Waals surface area (Å²) in [6, 6.07) is 10.7. The molecule has 2 rings (SSSR count). The topological polar surface area (TPSA) is 49.4 Å². The number of nitrogens with zero attached hydrogens (tertiary/aromatic N) is 1. The largest absolute Gasteiger partial charge is 0.385 e. The first-order valence-corrected chi connectivity index (χ1v) is 8.68. The molecule has 6 heteroatoms. The van der Waals surface area contributed by atoms with Crippen LogP contribution < -0.4 is 5.32 Å². The zero-order valence-corrected chi connectivity index (χ0v) is 13.2. The van der Waals surface area contributed by atoms with E-state index in [4.69, 9.17) is 0 Å². The minimum atomic E-state index is -3.43. The summed E-state index contributed by atoms with van der Waals surface area (Å²) in [6.07, 6.45) is 0. The van der Waals surface area contributed by atoms with E-state index >= 15 is 0 Å². The predicted molar refractivity (Wildman–Crippen MR) is 83.6 cm³/mol. The summed E-state index contributed by atoms with van der Waals surface area (Å²) in [4.78, 5) is 1.35. The maximum Gasteiger partial charge on any atom is 0.243 e. The molecule has 0 aliphatic carbocycles. The summed E-state index contributed by atoms with van der Waals surface area (Å²) in [5.74, 6) is 0. The second-order valence-electron chi connectivity index (χ2n) is 4.40. The van der Waals surface area contributed by atoms with Gasteiger partial charge < -0.3 is 5.32 Å². The van der Waals surface area contributed by atoms with Crippen LogP contribution in [0.1, 0.15) is 11.8 Å². The van der Waals surface area contributed by atoms with Crippen LogP contribution in [-0.2, 0) is 16.6 Å². The van der Waals surface area contributed by atoms with Crippen molar-refractivity contribution in [2.45, 2.75) is 18.4 Å². The van der Waals surface area contributed by atoms with E-state index in [0.717, 1.165) is 17.1 Å². The number of benzene rings is 1. The first kappa shape index (κ1) is 15.0. The van der Waals surface area contributed by atoms with Crippen LogP contribution in [-0.4, -0.2) is 26.3 Å². The van der Waals surface area contributed by atoms with Gasteiger partial charge in [-0.1, -0.05) is 6.07 Å². The monoisotopic (exact) mass is 310 g/mol. The fraction of sp³-hybridized carbons (Fsp3) is 0.286. The lowest BCUT2D eigenvalue weighted by molar-refractivity contribution is 0.469. The summed E-state index contributed by atoms with van der Waals surface area (Å²) in [5.41, 5.74) is 0.923.